The standard InChI is InChI=1S/C25H28NSi.C22H22NSi.C19H24NSi.C16H18NSi.2C12H10N.2C11H8N.4Ir/c1-19(2)16-23-17-24(26-18-25(23)27(3)14-7-15-27)22-12-10-21(11-13-22)20-8-5-4-6-9-20;1-17-15-21(23-16-22(17)24(2)13-6-14-24)20-11-9-19(10-12-20)18-7-4-3-5-8-18;1-15(2)12-17-13-18(16-8-5-4-6-9-16)20-14-19(17)21(3)10-7-11-21;1-13-11-15(14-7-4-3-5-8-14)17-12-16(13)18(2)9-6-10-18;2*1-10-6-5-9-13-12(10)11-7-3-2-4-8-11;2*1-2-6-10(7-3-1)11-8-4-5-9-12-11;;;;/h4-6,8-12,17-19H,7,14-16H2,1-3H3;3-5,7-11,15-16H,6,13-14H2,1-2H3;4-6,8,13-15H,7,10-12H2,1-3H3;3-5,7,11-12H,6,9-10H2,1-2H3;2*2-7,9H,1H3;2*1-6,8-9H;;;;/q8*-1;;;;. The first-order chi connectivity index (χ1) is 68.2. The van der Waals surface area contributed by atoms with Gasteiger partial charge in [0.15, 0.2) is 0 Å². The van der Waals surface area contributed by atoms with Crippen molar-refractivity contribution < 1.29 is 80.4 Å². The molecule has 8 aromatic heterocycles. The van der Waals surface area contributed by atoms with E-state index >= 15 is 0 Å². The Morgan fingerprint density at radius 3 is 0.764 bits per heavy atom. The van der Waals surface area contributed by atoms with Crippen LogP contribution in [0.3, 0.4) is 0 Å². The molecule has 16 heteroatoms. The molecule has 4 aliphatic rings. The van der Waals surface area contributed by atoms with Crippen molar-refractivity contribution in [1.82, 2.24) is 39.9 Å². The van der Waals surface area contributed by atoms with Gasteiger partial charge in [0, 0.05) is 130 Å². The summed E-state index contributed by atoms with van der Waals surface area (Å²) in [6.07, 6.45) is 23.8. The van der Waals surface area contributed by atoms with Crippen LogP contribution >= 0.6 is 0 Å². The maximum atomic E-state index is 4.87. The van der Waals surface area contributed by atoms with Crippen LogP contribution in [0.2, 0.25) is 74.5 Å². The number of hydrogen-bond acceptors (Lipinski definition) is 8. The van der Waals surface area contributed by atoms with E-state index in [4.69, 9.17) is 15.0 Å². The van der Waals surface area contributed by atoms with Crippen LogP contribution in [0.15, 0.2) is 377 Å². The predicted octanol–water partition coefficient (Wildman–Crippen LogP) is 30.1. The molecule has 0 spiro atoms. The molecule has 4 fully saturated rings. The monoisotopic (exact) mass is 2660 g/mol. The number of nitrogens with zero attached hydrogens (tertiary/aromatic N) is 8. The van der Waals surface area contributed by atoms with Gasteiger partial charge in [0.25, 0.3) is 0 Å². The minimum atomic E-state index is -1.23. The topological polar surface area (TPSA) is 103 Å². The summed E-state index contributed by atoms with van der Waals surface area (Å²) in [6.45, 7) is 27.9. The third-order valence-corrected chi connectivity index (χ3v) is 46.3. The normalized spacial score (nSPS) is 13.5. The average molecular weight is 2660 g/mol. The van der Waals surface area contributed by atoms with Crippen molar-refractivity contribution in [2.75, 3.05) is 0 Å². The number of aromatic nitrogens is 8. The summed E-state index contributed by atoms with van der Waals surface area (Å²) in [5.41, 5.74) is 29.9. The second-order valence-electron chi connectivity index (χ2n) is 39.2. The van der Waals surface area contributed by atoms with Gasteiger partial charge < -0.3 is 39.9 Å². The zero-order valence-electron chi connectivity index (χ0n) is 84.8. The van der Waals surface area contributed by atoms with Gasteiger partial charge in [-0.3, -0.25) is 0 Å². The zero-order valence-corrected chi connectivity index (χ0v) is 98.3. The van der Waals surface area contributed by atoms with Crippen molar-refractivity contribution in [2.24, 2.45) is 11.8 Å². The number of pyridine rings is 8. The summed E-state index contributed by atoms with van der Waals surface area (Å²) in [5, 5.41) is 6.33. The Hall–Kier alpha value is -11.1. The quantitative estimate of drug-likeness (QED) is 0.0618. The Balaban J connectivity index is 0.000000159. The molecule has 4 radical (unpaired) electrons. The van der Waals surface area contributed by atoms with Crippen molar-refractivity contribution in [3.63, 3.8) is 0 Å². The molecule has 0 aliphatic carbocycles. The minimum Gasteiger partial charge on any atom is -0.305 e. The molecule has 0 amide bonds. The molecule has 18 aromatic rings. The van der Waals surface area contributed by atoms with E-state index in [1.807, 2.05) is 194 Å². The largest absolute Gasteiger partial charge is 0.305 e. The molecule has 4 saturated heterocycles. The molecule has 4 aliphatic heterocycles. The van der Waals surface area contributed by atoms with Gasteiger partial charge in [-0.15, -0.1) is 275 Å². The summed E-state index contributed by atoms with van der Waals surface area (Å²) in [4.78, 5) is 36.1. The third kappa shape index (κ3) is 31.0. The van der Waals surface area contributed by atoms with Crippen LogP contribution in [-0.2, 0) is 93.3 Å². The van der Waals surface area contributed by atoms with Gasteiger partial charge in [0.2, 0.25) is 0 Å². The number of aryl methyl sites for hydroxylation is 4. The average Bonchev–Trinajstić information content (AvgIpc) is 0.773. The van der Waals surface area contributed by atoms with Crippen molar-refractivity contribution in [3.05, 3.63) is 459 Å². The summed E-state index contributed by atoms with van der Waals surface area (Å²) in [6, 6.07) is 148. The maximum absolute atomic E-state index is 4.87. The molecule has 0 bridgehead atoms. The molecule has 12 heterocycles. The van der Waals surface area contributed by atoms with Gasteiger partial charge in [-0.05, 0) is 143 Å². The predicted molar refractivity (Wildman–Crippen MR) is 597 cm³/mol. The van der Waals surface area contributed by atoms with E-state index in [2.05, 4.69) is 325 Å². The zero-order chi connectivity index (χ0) is 97.5. The van der Waals surface area contributed by atoms with Gasteiger partial charge >= 0.3 is 0 Å². The van der Waals surface area contributed by atoms with Crippen LogP contribution in [0.25, 0.3) is 112 Å². The molecule has 144 heavy (non-hydrogen) atoms. The first-order valence-electron chi connectivity index (χ1n) is 49.7. The fraction of sp³-hybridized carbons (Fsp3) is 0.219. The Labute approximate surface area is 916 Å². The van der Waals surface area contributed by atoms with Crippen molar-refractivity contribution in [3.8, 4) is 112 Å². The van der Waals surface area contributed by atoms with Crippen molar-refractivity contribution in [1.29, 1.82) is 0 Å². The smallest absolute Gasteiger partial charge is 0.0859 e. The van der Waals surface area contributed by atoms with E-state index in [-0.39, 0.29) is 80.4 Å². The third-order valence-electron chi connectivity index (χ3n) is 27.5. The molecule has 0 atom stereocenters. The van der Waals surface area contributed by atoms with Crippen LogP contribution in [-0.4, -0.2) is 72.2 Å². The van der Waals surface area contributed by atoms with Gasteiger partial charge in [0.1, 0.15) is 0 Å². The molecule has 0 N–H and O–H groups in total. The first-order valence-corrected chi connectivity index (χ1v) is 61.4. The maximum Gasteiger partial charge on any atom is 0.0859 e. The molecular weight excluding hydrogens is 2530 g/mol. The van der Waals surface area contributed by atoms with Gasteiger partial charge in [-0.1, -0.05) is 305 Å². The fourth-order valence-electron chi connectivity index (χ4n) is 18.8. The molecular formula is C128H128Ir4N8Si4-8. The van der Waals surface area contributed by atoms with Gasteiger partial charge in [-0.25, -0.2) is 0 Å². The van der Waals surface area contributed by atoms with Crippen LogP contribution < -0.4 is 20.7 Å². The number of rotatable bonds is 18. The number of benzene rings is 10. The van der Waals surface area contributed by atoms with E-state index in [9.17, 15) is 0 Å². The SMILES string of the molecule is CC(C)Cc1cc(-c2[c-]cc(-c3ccccc3)cc2)ncc1[Si]1(C)CCC1.CC(C)Cc1cc(-c2[c-]cccc2)ncc1[Si]1(C)CCC1.Cc1cc(-c2[c-]cc(-c3ccccc3)cc2)ncc1[Si]1(C)CCC1.Cc1cc(-c2[c-]cccc2)ncc1[Si]1(C)CCC1.Cc1cccnc1-c1[c-]cccc1.Cc1cccnc1-c1[c-]cccc1.[Ir].[Ir].[Ir].[Ir].[c-]1ccccc1-c1ccccn1.[c-]1ccccc1-c1ccccn1. The van der Waals surface area contributed by atoms with Gasteiger partial charge in [-0.2, -0.15) is 0 Å². The van der Waals surface area contributed by atoms with E-state index in [0.717, 1.165) is 96.5 Å². The Morgan fingerprint density at radius 2 is 0.507 bits per heavy atom. The number of hydrogen-bond donors (Lipinski definition) is 0. The molecule has 10 aromatic carbocycles. The van der Waals surface area contributed by atoms with Crippen LogP contribution in [0.5, 0.6) is 0 Å². The van der Waals surface area contributed by atoms with E-state index < -0.39 is 32.3 Å². The second-order valence-corrected chi connectivity index (χ2v) is 57.9. The van der Waals surface area contributed by atoms with Crippen molar-refractivity contribution in [2.45, 2.75) is 168 Å². The summed E-state index contributed by atoms with van der Waals surface area (Å²) in [7, 11) is -4.70. The van der Waals surface area contributed by atoms with Crippen LogP contribution in [0.4, 0.5) is 0 Å². The molecule has 0 unspecified atom stereocenters. The molecule has 0 saturated carbocycles. The molecule has 22 rings (SSSR count). The second kappa shape index (κ2) is 56.0. The first kappa shape index (κ1) is 113. The van der Waals surface area contributed by atoms with Gasteiger partial charge in [0.05, 0.1) is 32.3 Å². The summed E-state index contributed by atoms with van der Waals surface area (Å²) in [5.74, 6) is 1.36. The minimum absolute atomic E-state index is 0. The van der Waals surface area contributed by atoms with E-state index in [0.29, 0.717) is 11.8 Å². The Morgan fingerprint density at radius 1 is 0.236 bits per heavy atom. The Kier molecular flexibility index (Phi) is 44.0. The molecule has 740 valence electrons. The van der Waals surface area contributed by atoms with E-state index in [1.54, 1.807) is 38.7 Å². The van der Waals surface area contributed by atoms with Crippen LogP contribution in [0.1, 0.15) is 86.8 Å². The fourth-order valence-corrected chi connectivity index (χ4v) is 32.1. The van der Waals surface area contributed by atoms with Crippen molar-refractivity contribution >= 4 is 53.0 Å². The van der Waals surface area contributed by atoms with Crippen LogP contribution in [0, 0.1) is 88.1 Å². The summed E-state index contributed by atoms with van der Waals surface area (Å²) >= 11 is 0. The Bertz CT molecular complexity index is 6650. The van der Waals surface area contributed by atoms with E-state index in [1.165, 1.54) is 131 Å². The summed E-state index contributed by atoms with van der Waals surface area (Å²) < 4.78 is 0. The molecule has 8 nitrogen and oxygen atoms in total.